The molecule has 1 aliphatic rings. The van der Waals surface area contributed by atoms with Gasteiger partial charge in [0, 0.05) is 19.3 Å². The third-order valence-electron chi connectivity index (χ3n) is 3.81. The number of rotatable bonds is 7. The molecule has 1 aliphatic carbocycles. The molecule has 1 fully saturated rings. The summed E-state index contributed by atoms with van der Waals surface area (Å²) in [5.74, 6) is -4.32. The van der Waals surface area contributed by atoms with Crippen LogP contribution in [0.3, 0.4) is 0 Å². The van der Waals surface area contributed by atoms with Gasteiger partial charge in [-0.15, -0.1) is 0 Å². The molecule has 0 aliphatic heterocycles. The lowest BCUT2D eigenvalue weighted by atomic mass is 9.87. The Kier molecular flexibility index (Phi) is 6.51. The summed E-state index contributed by atoms with van der Waals surface area (Å²) in [5.41, 5.74) is 5.39. The molecule has 1 saturated carbocycles. The number of carboxylic acids is 1. The van der Waals surface area contributed by atoms with Crippen LogP contribution < -0.4 is 5.73 Å². The maximum absolute atomic E-state index is 13.0. The van der Waals surface area contributed by atoms with E-state index in [4.69, 9.17) is 15.6 Å². The van der Waals surface area contributed by atoms with Gasteiger partial charge in [-0.3, -0.25) is 9.59 Å². The second kappa shape index (κ2) is 7.68. The zero-order valence-corrected chi connectivity index (χ0v) is 12.2. The maximum atomic E-state index is 13.0. The summed E-state index contributed by atoms with van der Waals surface area (Å²) in [6.07, 6.45) is 0.696. The van der Waals surface area contributed by atoms with Crippen molar-refractivity contribution in [3.8, 4) is 0 Å². The minimum atomic E-state index is -2.58. The Morgan fingerprint density at radius 3 is 2.48 bits per heavy atom. The summed E-state index contributed by atoms with van der Waals surface area (Å²) in [5, 5.41) is 8.68. The van der Waals surface area contributed by atoms with E-state index < -0.39 is 23.9 Å². The monoisotopic (exact) mass is 307 g/mol. The van der Waals surface area contributed by atoms with Crippen LogP contribution in [0.2, 0.25) is 0 Å². The predicted molar refractivity (Wildman–Crippen MR) is 71.9 cm³/mol. The molecule has 5 nitrogen and oxygen atoms in total. The van der Waals surface area contributed by atoms with Crippen molar-refractivity contribution >= 4 is 11.9 Å². The van der Waals surface area contributed by atoms with Gasteiger partial charge in [0.2, 0.25) is 5.92 Å². The van der Waals surface area contributed by atoms with Crippen LogP contribution in [0.1, 0.15) is 45.4 Å². The highest BCUT2D eigenvalue weighted by atomic mass is 19.3. The second-order valence-corrected chi connectivity index (χ2v) is 5.97. The van der Waals surface area contributed by atoms with E-state index in [9.17, 15) is 18.4 Å². The average Bonchev–Trinajstić information content (AvgIpc) is 2.37. The fourth-order valence-electron chi connectivity index (χ4n) is 2.44. The predicted octanol–water partition coefficient (Wildman–Crippen LogP) is 2.18. The van der Waals surface area contributed by atoms with Crippen LogP contribution in [-0.4, -0.2) is 35.6 Å². The molecule has 7 heteroatoms. The molecule has 2 atom stereocenters. The highest BCUT2D eigenvalue weighted by Gasteiger charge is 2.35. The van der Waals surface area contributed by atoms with Crippen molar-refractivity contribution in [3.05, 3.63) is 0 Å². The van der Waals surface area contributed by atoms with Crippen LogP contribution in [0.4, 0.5) is 8.78 Å². The third kappa shape index (κ3) is 6.84. The fourth-order valence-corrected chi connectivity index (χ4v) is 2.44. The standard InChI is InChI=1S/C14H23F2NO4/c1-9(6-11(17)13(19)20)7-12(18)21-8-10-2-4-14(15,16)5-3-10/h9-11H,2-8,17H2,1H3,(H,19,20)/t9?,11-/m0/s1. The van der Waals surface area contributed by atoms with E-state index in [0.29, 0.717) is 12.8 Å². The van der Waals surface area contributed by atoms with Gasteiger partial charge in [-0.2, -0.15) is 0 Å². The minimum Gasteiger partial charge on any atom is -0.480 e. The Hall–Kier alpha value is -1.24. The number of esters is 1. The van der Waals surface area contributed by atoms with Gasteiger partial charge in [-0.1, -0.05) is 6.92 Å². The molecule has 1 unspecified atom stereocenters. The normalized spacial score (nSPS) is 21.5. The maximum Gasteiger partial charge on any atom is 0.320 e. The summed E-state index contributed by atoms with van der Waals surface area (Å²) < 4.78 is 31.0. The first-order valence-electron chi connectivity index (χ1n) is 7.21. The van der Waals surface area contributed by atoms with E-state index in [1.165, 1.54) is 0 Å². The minimum absolute atomic E-state index is 0.00911. The lowest BCUT2D eigenvalue weighted by molar-refractivity contribution is -0.148. The number of carboxylic acid groups (broad SMARTS) is 1. The molecule has 1 rings (SSSR count). The van der Waals surface area contributed by atoms with Crippen molar-refractivity contribution in [1.82, 2.24) is 0 Å². The molecule has 122 valence electrons. The van der Waals surface area contributed by atoms with Crippen LogP contribution in [0.25, 0.3) is 0 Å². The first kappa shape index (κ1) is 17.8. The van der Waals surface area contributed by atoms with Crippen LogP contribution in [-0.2, 0) is 14.3 Å². The van der Waals surface area contributed by atoms with Gasteiger partial charge in [0.05, 0.1) is 6.61 Å². The Bertz CT molecular complexity index is 366. The smallest absolute Gasteiger partial charge is 0.320 e. The molecule has 0 aromatic carbocycles. The van der Waals surface area contributed by atoms with Gasteiger partial charge in [0.1, 0.15) is 6.04 Å². The van der Waals surface area contributed by atoms with E-state index >= 15 is 0 Å². The Labute approximate surface area is 122 Å². The molecule has 0 radical (unpaired) electrons. The Balaban J connectivity index is 2.21. The van der Waals surface area contributed by atoms with Crippen molar-refractivity contribution in [3.63, 3.8) is 0 Å². The topological polar surface area (TPSA) is 89.6 Å². The van der Waals surface area contributed by atoms with Gasteiger partial charge in [-0.25, -0.2) is 8.78 Å². The largest absolute Gasteiger partial charge is 0.480 e. The van der Waals surface area contributed by atoms with Crippen LogP contribution in [0, 0.1) is 11.8 Å². The van der Waals surface area contributed by atoms with Crippen LogP contribution in [0.5, 0.6) is 0 Å². The number of hydrogen-bond acceptors (Lipinski definition) is 4. The molecule has 0 heterocycles. The lowest BCUT2D eigenvalue weighted by Crippen LogP contribution is -2.32. The Morgan fingerprint density at radius 2 is 1.95 bits per heavy atom. The first-order chi connectivity index (χ1) is 9.69. The second-order valence-electron chi connectivity index (χ2n) is 5.97. The highest BCUT2D eigenvalue weighted by molar-refractivity contribution is 5.73. The van der Waals surface area contributed by atoms with E-state index in [0.717, 1.165) is 0 Å². The first-order valence-corrected chi connectivity index (χ1v) is 7.21. The van der Waals surface area contributed by atoms with Crippen molar-refractivity contribution in [1.29, 1.82) is 0 Å². The lowest BCUT2D eigenvalue weighted by Gasteiger charge is -2.27. The number of alkyl halides is 2. The molecule has 0 bridgehead atoms. The van der Waals surface area contributed by atoms with Crippen LogP contribution >= 0.6 is 0 Å². The summed E-state index contributed by atoms with van der Waals surface area (Å²) in [6.45, 7) is 1.89. The molecule has 21 heavy (non-hydrogen) atoms. The Morgan fingerprint density at radius 1 is 1.38 bits per heavy atom. The molecule has 0 saturated heterocycles. The van der Waals surface area contributed by atoms with Gasteiger partial charge >= 0.3 is 11.9 Å². The van der Waals surface area contributed by atoms with Crippen molar-refractivity contribution in [2.75, 3.05) is 6.61 Å². The number of aliphatic carboxylic acids is 1. The molecule has 0 aromatic rings. The van der Waals surface area contributed by atoms with Crippen molar-refractivity contribution < 1.29 is 28.2 Å². The van der Waals surface area contributed by atoms with Gasteiger partial charge in [-0.05, 0) is 31.1 Å². The number of hydrogen-bond donors (Lipinski definition) is 2. The SMILES string of the molecule is CC(CC(=O)OCC1CCC(F)(F)CC1)C[C@H](N)C(=O)O. The number of nitrogens with two attached hydrogens (primary N) is 1. The molecule has 0 amide bonds. The summed E-state index contributed by atoms with van der Waals surface area (Å²) in [4.78, 5) is 22.2. The number of carbonyl (C=O) groups is 2. The number of halogens is 2. The van der Waals surface area contributed by atoms with Gasteiger partial charge in [0.15, 0.2) is 0 Å². The number of ether oxygens (including phenoxy) is 1. The molecular formula is C14H23F2NO4. The summed E-state index contributed by atoms with van der Waals surface area (Å²) >= 11 is 0. The van der Waals surface area contributed by atoms with E-state index in [1.54, 1.807) is 6.92 Å². The van der Waals surface area contributed by atoms with Gasteiger partial charge in [0.25, 0.3) is 0 Å². The van der Waals surface area contributed by atoms with Crippen LogP contribution in [0.15, 0.2) is 0 Å². The fraction of sp³-hybridized carbons (Fsp3) is 0.857. The zero-order chi connectivity index (χ0) is 16.0. The van der Waals surface area contributed by atoms with Gasteiger partial charge < -0.3 is 15.6 Å². The van der Waals surface area contributed by atoms with Crippen molar-refractivity contribution in [2.24, 2.45) is 17.6 Å². The summed E-state index contributed by atoms with van der Waals surface area (Å²) in [6, 6.07) is -0.992. The number of carbonyl (C=O) groups excluding carboxylic acids is 1. The van der Waals surface area contributed by atoms with Crippen molar-refractivity contribution in [2.45, 2.75) is 57.4 Å². The van der Waals surface area contributed by atoms with E-state index in [1.807, 2.05) is 0 Å². The van der Waals surface area contributed by atoms with E-state index in [2.05, 4.69) is 0 Å². The quantitative estimate of drug-likeness (QED) is 0.704. The molecular weight excluding hydrogens is 284 g/mol. The molecule has 0 spiro atoms. The third-order valence-corrected chi connectivity index (χ3v) is 3.81. The molecule has 0 aromatic heterocycles. The van der Waals surface area contributed by atoms with E-state index in [-0.39, 0.29) is 44.1 Å². The average molecular weight is 307 g/mol. The zero-order valence-electron chi connectivity index (χ0n) is 12.2. The molecule has 3 N–H and O–H groups in total. The summed E-state index contributed by atoms with van der Waals surface area (Å²) in [7, 11) is 0. The highest BCUT2D eigenvalue weighted by Crippen LogP contribution is 2.36.